The first kappa shape index (κ1) is 14.1. The molecule has 0 heterocycles. The predicted octanol–water partition coefficient (Wildman–Crippen LogP) is 2.35. The van der Waals surface area contributed by atoms with Gasteiger partial charge in [0.1, 0.15) is 11.9 Å². The van der Waals surface area contributed by atoms with Crippen molar-refractivity contribution in [3.8, 4) is 0 Å². The molecule has 1 atom stereocenters. The normalized spacial score (nSPS) is 14.8. The highest BCUT2D eigenvalue weighted by Gasteiger charge is 2.43. The Bertz CT molecular complexity index is 487. The van der Waals surface area contributed by atoms with E-state index in [2.05, 4.69) is 31.9 Å². The quantitative estimate of drug-likeness (QED) is 0.825. The molecule has 0 saturated heterocycles. The van der Waals surface area contributed by atoms with Crippen LogP contribution in [-0.4, -0.2) is 22.3 Å². The van der Waals surface area contributed by atoms with Crippen LogP contribution in [0.3, 0.4) is 0 Å². The minimum absolute atomic E-state index is 0.166. The van der Waals surface area contributed by atoms with Crippen molar-refractivity contribution in [1.29, 1.82) is 0 Å². The van der Waals surface area contributed by atoms with Crippen LogP contribution in [0.1, 0.15) is 11.7 Å². The van der Waals surface area contributed by atoms with Crippen molar-refractivity contribution in [2.24, 2.45) is 0 Å². The summed E-state index contributed by atoms with van der Waals surface area (Å²) in [6.07, 6.45) is -0.461. The van der Waals surface area contributed by atoms with Crippen LogP contribution in [0.25, 0.3) is 0 Å². The Labute approximate surface area is 110 Å². The van der Waals surface area contributed by atoms with Gasteiger partial charge in [-0.1, -0.05) is 44.0 Å². The molecule has 0 fully saturated rings. The van der Waals surface area contributed by atoms with Gasteiger partial charge in [-0.25, -0.2) is 12.8 Å². The minimum Gasteiger partial charge on any atom is -0.385 e. The molecule has 7 heteroatoms. The summed E-state index contributed by atoms with van der Waals surface area (Å²) >= 11 is 5.77. The third kappa shape index (κ3) is 2.82. The van der Waals surface area contributed by atoms with Gasteiger partial charge in [-0.15, -0.1) is 0 Å². The molecule has 0 aliphatic rings. The smallest absolute Gasteiger partial charge is 0.210 e. The monoisotopic (exact) mass is 374 g/mol. The molecule has 1 N–H and O–H groups in total. The van der Waals surface area contributed by atoms with E-state index in [1.54, 1.807) is 0 Å². The summed E-state index contributed by atoms with van der Waals surface area (Å²) in [4.78, 5) is 0. The van der Waals surface area contributed by atoms with E-state index in [1.165, 1.54) is 18.2 Å². The first-order chi connectivity index (χ1) is 7.16. The van der Waals surface area contributed by atoms with E-state index in [1.807, 2.05) is 0 Å². The van der Waals surface area contributed by atoms with E-state index in [9.17, 15) is 17.9 Å². The summed E-state index contributed by atoms with van der Waals surface area (Å²) in [5, 5.41) is 9.87. The highest BCUT2D eigenvalue weighted by molar-refractivity contribution is 9.27. The Hall–Kier alpha value is 0.0200. The lowest BCUT2D eigenvalue weighted by molar-refractivity contribution is 0.188. The first-order valence-corrected chi connectivity index (χ1v) is 7.65. The standard InChI is InChI=1S/C9H9Br2FO3S/c1-16(14,15)9(10,11)8(13)6-3-2-4-7(12)5-6/h2-5,8,13H,1H3. The van der Waals surface area contributed by atoms with Gasteiger partial charge in [-0.3, -0.25) is 0 Å². The fraction of sp³-hybridized carbons (Fsp3) is 0.333. The summed E-state index contributed by atoms with van der Waals surface area (Å²) in [7, 11) is -3.60. The summed E-state index contributed by atoms with van der Waals surface area (Å²) in [5.74, 6) is -0.541. The number of alkyl halides is 2. The molecule has 0 spiro atoms. The molecule has 0 aromatic heterocycles. The van der Waals surface area contributed by atoms with E-state index in [-0.39, 0.29) is 5.56 Å². The van der Waals surface area contributed by atoms with Gasteiger partial charge in [0.15, 0.2) is 9.84 Å². The van der Waals surface area contributed by atoms with Crippen LogP contribution in [0, 0.1) is 5.82 Å². The molecule has 1 rings (SSSR count). The fourth-order valence-electron chi connectivity index (χ4n) is 1.07. The maximum atomic E-state index is 12.9. The number of aliphatic hydroxyl groups is 1. The Morgan fingerprint density at radius 1 is 1.44 bits per heavy atom. The highest BCUT2D eigenvalue weighted by Crippen LogP contribution is 2.43. The van der Waals surface area contributed by atoms with Crippen molar-refractivity contribution in [1.82, 2.24) is 0 Å². The molecule has 1 aromatic rings. The maximum absolute atomic E-state index is 12.9. The molecule has 1 aromatic carbocycles. The van der Waals surface area contributed by atoms with Crippen LogP contribution >= 0.6 is 31.9 Å². The SMILES string of the molecule is CS(=O)(=O)C(Br)(Br)C(O)c1cccc(F)c1. The Balaban J connectivity index is 3.17. The second kappa shape index (κ2) is 4.72. The first-order valence-electron chi connectivity index (χ1n) is 4.17. The largest absolute Gasteiger partial charge is 0.385 e. The van der Waals surface area contributed by atoms with Crippen molar-refractivity contribution < 1.29 is 17.9 Å². The van der Waals surface area contributed by atoms with Gasteiger partial charge < -0.3 is 5.11 Å². The lowest BCUT2D eigenvalue weighted by Crippen LogP contribution is -2.31. The number of halogens is 3. The molecule has 0 bridgehead atoms. The van der Waals surface area contributed by atoms with E-state index in [0.717, 1.165) is 12.3 Å². The number of aliphatic hydroxyl groups excluding tert-OH is 1. The van der Waals surface area contributed by atoms with Gasteiger partial charge in [-0.2, -0.15) is 0 Å². The number of rotatable bonds is 3. The molecule has 90 valence electrons. The van der Waals surface area contributed by atoms with Gasteiger partial charge in [0.05, 0.1) is 0 Å². The second-order valence-corrected chi connectivity index (χ2v) is 10.1. The summed E-state index contributed by atoms with van der Waals surface area (Å²) < 4.78 is 34.0. The predicted molar refractivity (Wildman–Crippen MR) is 66.8 cm³/mol. The van der Waals surface area contributed by atoms with Crippen LogP contribution < -0.4 is 0 Å². The third-order valence-electron chi connectivity index (χ3n) is 1.98. The third-order valence-corrected chi connectivity index (χ3v) is 7.58. The van der Waals surface area contributed by atoms with Crippen molar-refractivity contribution in [2.75, 3.05) is 6.26 Å². The van der Waals surface area contributed by atoms with Crippen LogP contribution in [-0.2, 0) is 9.84 Å². The minimum atomic E-state index is -3.60. The average molecular weight is 376 g/mol. The molecule has 1 unspecified atom stereocenters. The highest BCUT2D eigenvalue weighted by atomic mass is 79.9. The van der Waals surface area contributed by atoms with Crippen LogP contribution in [0.5, 0.6) is 0 Å². The lowest BCUT2D eigenvalue weighted by atomic mass is 10.1. The molecular formula is C9H9Br2FO3S. The molecular weight excluding hydrogens is 367 g/mol. The van der Waals surface area contributed by atoms with Gasteiger partial charge in [-0.05, 0) is 17.7 Å². The van der Waals surface area contributed by atoms with Crippen molar-refractivity contribution in [3.05, 3.63) is 35.6 Å². The zero-order valence-electron chi connectivity index (χ0n) is 8.19. The maximum Gasteiger partial charge on any atom is 0.210 e. The zero-order chi connectivity index (χ0) is 12.6. The summed E-state index contributed by atoms with van der Waals surface area (Å²) in [6.45, 7) is 0. The lowest BCUT2D eigenvalue weighted by Gasteiger charge is -2.24. The van der Waals surface area contributed by atoms with Crippen LogP contribution in [0.2, 0.25) is 0 Å². The van der Waals surface area contributed by atoms with E-state index >= 15 is 0 Å². The zero-order valence-corrected chi connectivity index (χ0v) is 12.2. The molecule has 3 nitrogen and oxygen atoms in total. The molecule has 0 amide bonds. The molecule has 16 heavy (non-hydrogen) atoms. The van der Waals surface area contributed by atoms with Crippen LogP contribution in [0.15, 0.2) is 24.3 Å². The van der Waals surface area contributed by atoms with Crippen molar-refractivity contribution >= 4 is 41.7 Å². The summed E-state index contributed by atoms with van der Waals surface area (Å²) in [6, 6.07) is 5.12. The van der Waals surface area contributed by atoms with Crippen LogP contribution in [0.4, 0.5) is 4.39 Å². The van der Waals surface area contributed by atoms with E-state index < -0.39 is 24.3 Å². The summed E-state index contributed by atoms with van der Waals surface area (Å²) in [5.41, 5.74) is 0.166. The molecule has 0 aliphatic heterocycles. The Morgan fingerprint density at radius 2 is 2.00 bits per heavy atom. The molecule has 0 saturated carbocycles. The topological polar surface area (TPSA) is 54.4 Å². The van der Waals surface area contributed by atoms with Crippen molar-refractivity contribution in [2.45, 2.75) is 8.67 Å². The second-order valence-electron chi connectivity index (χ2n) is 3.29. The van der Waals surface area contributed by atoms with Gasteiger partial charge in [0.25, 0.3) is 0 Å². The Kier molecular flexibility index (Phi) is 4.15. The molecule has 0 aliphatic carbocycles. The van der Waals surface area contributed by atoms with E-state index in [4.69, 9.17) is 0 Å². The van der Waals surface area contributed by atoms with Gasteiger partial charge in [0.2, 0.25) is 2.57 Å². The van der Waals surface area contributed by atoms with E-state index in [0.29, 0.717) is 0 Å². The average Bonchev–Trinajstić information content (AvgIpc) is 2.14. The number of hydrogen-bond donors (Lipinski definition) is 1. The Morgan fingerprint density at radius 3 is 2.44 bits per heavy atom. The van der Waals surface area contributed by atoms with Crippen molar-refractivity contribution in [3.63, 3.8) is 0 Å². The van der Waals surface area contributed by atoms with Gasteiger partial charge in [0, 0.05) is 6.26 Å². The fourth-order valence-corrected chi connectivity index (χ4v) is 2.14. The van der Waals surface area contributed by atoms with Gasteiger partial charge >= 0.3 is 0 Å². The molecule has 0 radical (unpaired) electrons. The number of sulfone groups is 1. The number of benzene rings is 1. The number of hydrogen-bond acceptors (Lipinski definition) is 3.